The van der Waals surface area contributed by atoms with Crippen molar-refractivity contribution in [3.05, 3.63) is 10.8 Å². The molecule has 0 fully saturated rings. The van der Waals surface area contributed by atoms with Gasteiger partial charge in [-0.2, -0.15) is 9.61 Å². The number of esters is 1. The van der Waals surface area contributed by atoms with Crippen LogP contribution in [0.15, 0.2) is 0 Å². The SMILES string of the molecule is CCOC(=O)C(CC)(CC)c1nn2c(COC)nnc2s1. The largest absolute Gasteiger partial charge is 0.465 e. The fourth-order valence-electron chi connectivity index (χ4n) is 2.27. The molecule has 0 unspecified atom stereocenters. The number of carbonyl (C=O) groups excluding carboxylic acids is 1. The van der Waals surface area contributed by atoms with Crippen molar-refractivity contribution in [1.82, 2.24) is 19.8 Å². The molecule has 116 valence electrons. The van der Waals surface area contributed by atoms with Crippen molar-refractivity contribution in [3.63, 3.8) is 0 Å². The van der Waals surface area contributed by atoms with E-state index in [-0.39, 0.29) is 5.97 Å². The van der Waals surface area contributed by atoms with Crippen molar-refractivity contribution in [2.75, 3.05) is 13.7 Å². The van der Waals surface area contributed by atoms with Gasteiger partial charge in [0.1, 0.15) is 17.0 Å². The molecular weight excluding hydrogens is 292 g/mol. The number of hydrogen-bond donors (Lipinski definition) is 0. The van der Waals surface area contributed by atoms with Gasteiger partial charge in [0.25, 0.3) is 0 Å². The first-order valence-electron chi connectivity index (χ1n) is 7.00. The molecule has 2 aromatic rings. The standard InChI is InChI=1S/C13H20N4O3S/c1-5-13(6-2,11(18)20-7-3)10-16-17-9(8-19-4)14-15-12(17)21-10/h5-8H2,1-4H3. The average Bonchev–Trinajstić information content (AvgIpc) is 3.04. The number of methoxy groups -OCH3 is 1. The normalized spacial score (nSPS) is 12.0. The van der Waals surface area contributed by atoms with E-state index in [0.29, 0.717) is 41.8 Å². The molecule has 2 heterocycles. The molecule has 0 aliphatic rings. The summed E-state index contributed by atoms with van der Waals surface area (Å²) in [7, 11) is 1.59. The van der Waals surface area contributed by atoms with Crippen LogP contribution >= 0.6 is 11.3 Å². The minimum Gasteiger partial charge on any atom is -0.465 e. The monoisotopic (exact) mass is 312 g/mol. The maximum absolute atomic E-state index is 12.4. The molecule has 0 aromatic carbocycles. The fourth-order valence-corrected chi connectivity index (χ4v) is 3.44. The molecule has 0 amide bonds. The lowest BCUT2D eigenvalue weighted by Gasteiger charge is -2.26. The second-order valence-electron chi connectivity index (χ2n) is 4.66. The van der Waals surface area contributed by atoms with E-state index in [0.717, 1.165) is 0 Å². The van der Waals surface area contributed by atoms with E-state index in [1.807, 2.05) is 20.8 Å². The van der Waals surface area contributed by atoms with Crippen LogP contribution < -0.4 is 0 Å². The summed E-state index contributed by atoms with van der Waals surface area (Å²) in [6, 6.07) is 0. The van der Waals surface area contributed by atoms with Crippen LogP contribution in [0.3, 0.4) is 0 Å². The highest BCUT2D eigenvalue weighted by atomic mass is 32.1. The van der Waals surface area contributed by atoms with Gasteiger partial charge in [-0.1, -0.05) is 25.2 Å². The lowest BCUT2D eigenvalue weighted by Crippen LogP contribution is -2.36. The van der Waals surface area contributed by atoms with Crippen LogP contribution in [0.4, 0.5) is 0 Å². The molecule has 2 aromatic heterocycles. The minimum absolute atomic E-state index is 0.228. The lowest BCUT2D eigenvalue weighted by molar-refractivity contribution is -0.150. The molecule has 0 saturated heterocycles. The third kappa shape index (κ3) is 2.65. The molecule has 21 heavy (non-hydrogen) atoms. The Labute approximate surface area is 127 Å². The summed E-state index contributed by atoms with van der Waals surface area (Å²) in [4.78, 5) is 13.1. The van der Waals surface area contributed by atoms with Crippen molar-refractivity contribution < 1.29 is 14.3 Å². The first-order valence-corrected chi connectivity index (χ1v) is 7.82. The van der Waals surface area contributed by atoms with E-state index in [9.17, 15) is 4.79 Å². The van der Waals surface area contributed by atoms with E-state index in [1.165, 1.54) is 11.3 Å². The molecule has 0 atom stereocenters. The Morgan fingerprint density at radius 3 is 2.57 bits per heavy atom. The second-order valence-corrected chi connectivity index (χ2v) is 5.62. The number of ether oxygens (including phenoxy) is 2. The van der Waals surface area contributed by atoms with Crippen molar-refractivity contribution in [2.45, 2.75) is 45.6 Å². The number of nitrogens with zero attached hydrogens (tertiary/aromatic N) is 4. The Hall–Kier alpha value is -1.54. The van der Waals surface area contributed by atoms with Gasteiger partial charge >= 0.3 is 5.97 Å². The second kappa shape index (κ2) is 6.48. The van der Waals surface area contributed by atoms with Crippen LogP contribution in [0, 0.1) is 0 Å². The van der Waals surface area contributed by atoms with Crippen molar-refractivity contribution in [1.29, 1.82) is 0 Å². The van der Waals surface area contributed by atoms with Crippen LogP contribution in [0.5, 0.6) is 0 Å². The van der Waals surface area contributed by atoms with E-state index < -0.39 is 5.41 Å². The Balaban J connectivity index is 2.47. The Morgan fingerprint density at radius 2 is 2.00 bits per heavy atom. The summed E-state index contributed by atoms with van der Waals surface area (Å²) < 4.78 is 12.0. The molecule has 2 rings (SSSR count). The predicted octanol–water partition coefficient (Wildman–Crippen LogP) is 1.95. The van der Waals surface area contributed by atoms with Gasteiger partial charge in [-0.15, -0.1) is 10.2 Å². The van der Waals surface area contributed by atoms with Crippen LogP contribution in [0.1, 0.15) is 44.4 Å². The predicted molar refractivity (Wildman–Crippen MR) is 78.3 cm³/mol. The highest BCUT2D eigenvalue weighted by Crippen LogP contribution is 2.36. The summed E-state index contributed by atoms with van der Waals surface area (Å²) in [5.74, 6) is 0.396. The van der Waals surface area contributed by atoms with Gasteiger partial charge in [0.2, 0.25) is 4.96 Å². The maximum Gasteiger partial charge on any atom is 0.319 e. The fraction of sp³-hybridized carbons (Fsp3) is 0.692. The van der Waals surface area contributed by atoms with Crippen LogP contribution in [-0.4, -0.2) is 39.5 Å². The van der Waals surface area contributed by atoms with Crippen LogP contribution in [0.2, 0.25) is 0 Å². The number of rotatable bonds is 7. The van der Waals surface area contributed by atoms with Gasteiger partial charge in [-0.3, -0.25) is 4.79 Å². The van der Waals surface area contributed by atoms with Gasteiger partial charge in [-0.25, -0.2) is 0 Å². The quantitative estimate of drug-likeness (QED) is 0.727. The van der Waals surface area contributed by atoms with E-state index in [1.54, 1.807) is 11.6 Å². The summed E-state index contributed by atoms with van der Waals surface area (Å²) in [5.41, 5.74) is -0.717. The zero-order chi connectivity index (χ0) is 15.5. The van der Waals surface area contributed by atoms with Gasteiger partial charge in [-0.05, 0) is 19.8 Å². The van der Waals surface area contributed by atoms with E-state index in [4.69, 9.17) is 9.47 Å². The topological polar surface area (TPSA) is 78.6 Å². The number of aromatic nitrogens is 4. The molecule has 0 saturated carbocycles. The molecule has 0 aliphatic heterocycles. The van der Waals surface area contributed by atoms with Gasteiger partial charge < -0.3 is 9.47 Å². The summed E-state index contributed by atoms with van der Waals surface area (Å²) in [6.07, 6.45) is 1.26. The highest BCUT2D eigenvalue weighted by molar-refractivity contribution is 7.16. The Bertz CT molecular complexity index is 618. The van der Waals surface area contributed by atoms with Crippen molar-refractivity contribution in [3.8, 4) is 0 Å². The first-order chi connectivity index (χ1) is 10.1. The summed E-state index contributed by atoms with van der Waals surface area (Å²) in [5, 5.41) is 13.4. The molecule has 8 heteroatoms. The first kappa shape index (κ1) is 15.8. The van der Waals surface area contributed by atoms with E-state index in [2.05, 4.69) is 15.3 Å². The van der Waals surface area contributed by atoms with Crippen LogP contribution in [-0.2, 0) is 26.3 Å². The molecule has 0 N–H and O–H groups in total. The smallest absolute Gasteiger partial charge is 0.319 e. The summed E-state index contributed by atoms with van der Waals surface area (Å²) in [6.45, 7) is 6.44. The summed E-state index contributed by atoms with van der Waals surface area (Å²) >= 11 is 1.38. The third-order valence-corrected chi connectivity index (χ3v) is 4.71. The highest BCUT2D eigenvalue weighted by Gasteiger charge is 2.42. The van der Waals surface area contributed by atoms with Crippen molar-refractivity contribution in [2.24, 2.45) is 0 Å². The van der Waals surface area contributed by atoms with Gasteiger partial charge in [0.15, 0.2) is 5.82 Å². The Kier molecular flexibility index (Phi) is 4.89. The van der Waals surface area contributed by atoms with Gasteiger partial charge in [0, 0.05) is 7.11 Å². The lowest BCUT2D eigenvalue weighted by atomic mass is 9.83. The molecule has 0 bridgehead atoms. The zero-order valence-electron chi connectivity index (χ0n) is 12.8. The van der Waals surface area contributed by atoms with Crippen LogP contribution in [0.25, 0.3) is 4.96 Å². The van der Waals surface area contributed by atoms with Gasteiger partial charge in [0.05, 0.1) is 6.61 Å². The zero-order valence-corrected chi connectivity index (χ0v) is 13.6. The number of carbonyl (C=O) groups is 1. The number of hydrogen-bond acceptors (Lipinski definition) is 7. The Morgan fingerprint density at radius 1 is 1.29 bits per heavy atom. The average molecular weight is 312 g/mol. The van der Waals surface area contributed by atoms with E-state index >= 15 is 0 Å². The minimum atomic E-state index is -0.717. The third-order valence-electron chi connectivity index (χ3n) is 3.61. The molecule has 0 radical (unpaired) electrons. The molecule has 0 aliphatic carbocycles. The molecule has 0 spiro atoms. The molecule has 7 nitrogen and oxygen atoms in total. The van der Waals surface area contributed by atoms with Crippen molar-refractivity contribution >= 4 is 22.3 Å². The maximum atomic E-state index is 12.4. The molecular formula is C13H20N4O3S. The number of fused-ring (bicyclic) bond motifs is 1.